The zero-order chi connectivity index (χ0) is 21.2. The van der Waals surface area contributed by atoms with Gasteiger partial charge in [0.05, 0.1) is 0 Å². The first-order valence-corrected chi connectivity index (χ1v) is 9.32. The average molecular weight is 404 g/mol. The second-order valence-corrected chi connectivity index (χ2v) is 7.42. The summed E-state index contributed by atoms with van der Waals surface area (Å²) in [6.07, 6.45) is 4.92. The van der Waals surface area contributed by atoms with Crippen LogP contribution in [0.4, 0.5) is 15.9 Å². The van der Waals surface area contributed by atoms with Gasteiger partial charge in [0, 0.05) is 53.4 Å². The van der Waals surface area contributed by atoms with E-state index < -0.39 is 17.8 Å². The zero-order valence-electron chi connectivity index (χ0n) is 16.2. The first-order chi connectivity index (χ1) is 14.4. The van der Waals surface area contributed by atoms with E-state index in [1.54, 1.807) is 30.5 Å². The van der Waals surface area contributed by atoms with Gasteiger partial charge in [0.2, 0.25) is 0 Å². The molecule has 4 aromatic rings. The summed E-state index contributed by atoms with van der Waals surface area (Å²) in [6.45, 7) is 1.90. The van der Waals surface area contributed by atoms with Crippen LogP contribution in [0.1, 0.15) is 17.2 Å². The SMILES string of the molecule is Cc1cnc2c(c1)-c1cn(C)c(=O)c3[nH]cc(c13)C(C(=O)O)N2c1ccc(F)cc1. The van der Waals surface area contributed by atoms with Crippen molar-refractivity contribution < 1.29 is 14.3 Å². The Bertz CT molecular complexity index is 1390. The molecule has 5 rings (SSSR count). The highest BCUT2D eigenvalue weighted by Gasteiger charge is 2.37. The molecule has 0 fully saturated rings. The van der Waals surface area contributed by atoms with Crippen LogP contribution < -0.4 is 10.5 Å². The van der Waals surface area contributed by atoms with E-state index in [9.17, 15) is 19.1 Å². The topological polar surface area (TPSA) is 91.2 Å². The first kappa shape index (κ1) is 18.1. The van der Waals surface area contributed by atoms with Crippen LogP contribution in [0.25, 0.3) is 22.0 Å². The number of aromatic amines is 1. The van der Waals surface area contributed by atoms with Gasteiger partial charge in [0.15, 0.2) is 6.04 Å². The van der Waals surface area contributed by atoms with Crippen LogP contribution in [0.2, 0.25) is 0 Å². The van der Waals surface area contributed by atoms with Gasteiger partial charge < -0.3 is 19.6 Å². The maximum absolute atomic E-state index is 13.6. The quantitative estimate of drug-likeness (QED) is 0.532. The third-order valence-electron chi connectivity index (χ3n) is 5.45. The smallest absolute Gasteiger partial charge is 0.331 e. The van der Waals surface area contributed by atoms with Crippen molar-refractivity contribution in [2.75, 3.05) is 4.90 Å². The van der Waals surface area contributed by atoms with Gasteiger partial charge in [0.1, 0.15) is 17.2 Å². The monoisotopic (exact) mass is 404 g/mol. The summed E-state index contributed by atoms with van der Waals surface area (Å²) in [6, 6.07) is 6.36. The molecule has 2 N–H and O–H groups in total. The molecule has 0 saturated heterocycles. The molecule has 0 aliphatic carbocycles. The Morgan fingerprint density at radius 3 is 2.67 bits per heavy atom. The fraction of sp³-hybridized carbons (Fsp3) is 0.136. The minimum absolute atomic E-state index is 0.249. The predicted molar refractivity (Wildman–Crippen MR) is 110 cm³/mol. The molecule has 30 heavy (non-hydrogen) atoms. The Morgan fingerprint density at radius 2 is 1.97 bits per heavy atom. The van der Waals surface area contributed by atoms with Crippen LogP contribution in [-0.4, -0.2) is 25.6 Å². The number of fused-ring (bicyclic) bond motifs is 2. The van der Waals surface area contributed by atoms with E-state index in [1.807, 2.05) is 13.0 Å². The number of hydrogen-bond donors (Lipinski definition) is 2. The Balaban J connectivity index is 1.96. The van der Waals surface area contributed by atoms with Crippen LogP contribution in [-0.2, 0) is 11.8 Å². The van der Waals surface area contributed by atoms with E-state index in [-0.39, 0.29) is 5.56 Å². The van der Waals surface area contributed by atoms with E-state index in [0.29, 0.717) is 39.1 Å². The Morgan fingerprint density at radius 1 is 1.23 bits per heavy atom. The number of aryl methyl sites for hydroxylation is 2. The van der Waals surface area contributed by atoms with Crippen molar-refractivity contribution in [1.82, 2.24) is 14.5 Å². The van der Waals surface area contributed by atoms with Crippen molar-refractivity contribution in [3.8, 4) is 11.1 Å². The number of aliphatic carboxylic acids is 1. The van der Waals surface area contributed by atoms with Crippen LogP contribution in [0.3, 0.4) is 0 Å². The molecule has 7 nitrogen and oxygen atoms in total. The first-order valence-electron chi connectivity index (χ1n) is 9.32. The third-order valence-corrected chi connectivity index (χ3v) is 5.45. The lowest BCUT2D eigenvalue weighted by atomic mass is 10.0. The van der Waals surface area contributed by atoms with Crippen LogP contribution in [0.15, 0.2) is 53.7 Å². The number of rotatable bonds is 2. The summed E-state index contributed by atoms with van der Waals surface area (Å²) in [7, 11) is 1.65. The predicted octanol–water partition coefficient (Wildman–Crippen LogP) is 3.65. The van der Waals surface area contributed by atoms with Crippen molar-refractivity contribution in [2.24, 2.45) is 7.05 Å². The number of nitrogens with zero attached hydrogens (tertiary/aromatic N) is 3. The molecule has 0 spiro atoms. The second-order valence-electron chi connectivity index (χ2n) is 7.42. The zero-order valence-corrected chi connectivity index (χ0v) is 16.2. The van der Waals surface area contributed by atoms with Crippen LogP contribution in [0.5, 0.6) is 0 Å². The molecule has 0 amide bonds. The molecule has 0 bridgehead atoms. The lowest BCUT2D eigenvalue weighted by Gasteiger charge is -2.30. The lowest BCUT2D eigenvalue weighted by Crippen LogP contribution is -2.30. The molecule has 150 valence electrons. The van der Waals surface area contributed by atoms with Gasteiger partial charge in [-0.3, -0.25) is 4.79 Å². The Labute approximate surface area is 170 Å². The number of anilines is 2. The Kier molecular flexibility index (Phi) is 3.79. The molecule has 1 atom stereocenters. The van der Waals surface area contributed by atoms with Gasteiger partial charge in [-0.1, -0.05) is 0 Å². The number of carboxylic acids is 1. The molecule has 1 unspecified atom stereocenters. The van der Waals surface area contributed by atoms with E-state index >= 15 is 0 Å². The number of pyridine rings is 2. The van der Waals surface area contributed by atoms with Crippen molar-refractivity contribution in [3.63, 3.8) is 0 Å². The van der Waals surface area contributed by atoms with Crippen molar-refractivity contribution in [3.05, 3.63) is 76.2 Å². The summed E-state index contributed by atoms with van der Waals surface area (Å²) in [5.41, 5.74) is 3.32. The number of nitrogens with one attached hydrogen (secondary N) is 1. The van der Waals surface area contributed by atoms with Gasteiger partial charge in [0.25, 0.3) is 5.56 Å². The number of carbonyl (C=O) groups is 1. The molecule has 1 aliphatic rings. The van der Waals surface area contributed by atoms with E-state index in [1.165, 1.54) is 28.8 Å². The summed E-state index contributed by atoms with van der Waals surface area (Å²) < 4.78 is 15.1. The van der Waals surface area contributed by atoms with Crippen molar-refractivity contribution in [1.29, 1.82) is 0 Å². The standard InChI is InChI=1S/C22H17FN4O3/c1-11-7-14-16-10-26(2)21(28)18-17(16)15(9-24-18)19(22(29)30)27(20(14)25-8-11)13-5-3-12(23)4-6-13/h3-10,19,24H,1-2H3,(H,29,30). The summed E-state index contributed by atoms with van der Waals surface area (Å²) in [5, 5.41) is 10.8. The minimum Gasteiger partial charge on any atom is -0.479 e. The normalized spacial score (nSPS) is 15.2. The maximum atomic E-state index is 13.6. The number of halogens is 1. The number of hydrogen-bond acceptors (Lipinski definition) is 4. The highest BCUT2D eigenvalue weighted by atomic mass is 19.1. The Hall–Kier alpha value is -3.94. The minimum atomic E-state index is -1.16. The average Bonchev–Trinajstić information content (AvgIpc) is 3.10. The van der Waals surface area contributed by atoms with Gasteiger partial charge in [-0.05, 0) is 42.8 Å². The van der Waals surface area contributed by atoms with E-state index in [4.69, 9.17) is 0 Å². The van der Waals surface area contributed by atoms with Crippen molar-refractivity contribution in [2.45, 2.75) is 13.0 Å². The summed E-state index contributed by atoms with van der Waals surface area (Å²) >= 11 is 0. The highest BCUT2D eigenvalue weighted by molar-refractivity contribution is 6.05. The van der Waals surface area contributed by atoms with Gasteiger partial charge >= 0.3 is 5.97 Å². The van der Waals surface area contributed by atoms with E-state index in [0.717, 1.165) is 5.56 Å². The molecular formula is C22H17FN4O3. The number of carboxylic acid groups (broad SMARTS) is 1. The van der Waals surface area contributed by atoms with Gasteiger partial charge in [-0.25, -0.2) is 14.2 Å². The second kappa shape index (κ2) is 6.28. The van der Waals surface area contributed by atoms with E-state index in [2.05, 4.69) is 9.97 Å². The van der Waals surface area contributed by atoms with Crippen LogP contribution in [0, 0.1) is 12.7 Å². The third kappa shape index (κ3) is 2.46. The molecule has 1 aromatic carbocycles. The molecule has 0 saturated carbocycles. The number of benzene rings is 1. The number of aromatic nitrogens is 3. The molecule has 3 aromatic heterocycles. The molecule has 8 heteroatoms. The van der Waals surface area contributed by atoms with Crippen molar-refractivity contribution >= 4 is 28.4 Å². The molecule has 0 radical (unpaired) electrons. The fourth-order valence-corrected chi connectivity index (χ4v) is 4.14. The largest absolute Gasteiger partial charge is 0.479 e. The number of H-pyrrole nitrogens is 1. The molecule has 4 heterocycles. The van der Waals surface area contributed by atoms with Crippen LogP contribution >= 0.6 is 0 Å². The highest BCUT2D eigenvalue weighted by Crippen LogP contribution is 2.47. The fourth-order valence-electron chi connectivity index (χ4n) is 4.14. The maximum Gasteiger partial charge on any atom is 0.331 e. The molecular weight excluding hydrogens is 387 g/mol. The lowest BCUT2D eigenvalue weighted by molar-refractivity contribution is -0.138. The summed E-state index contributed by atoms with van der Waals surface area (Å²) in [4.78, 5) is 34.3. The molecule has 1 aliphatic heterocycles. The summed E-state index contributed by atoms with van der Waals surface area (Å²) in [5.74, 6) is -1.11. The van der Waals surface area contributed by atoms with Gasteiger partial charge in [-0.2, -0.15) is 0 Å². The van der Waals surface area contributed by atoms with Gasteiger partial charge in [-0.15, -0.1) is 0 Å².